The fourth-order valence-electron chi connectivity index (χ4n) is 1.53. The molecule has 1 unspecified atom stereocenters. The van der Waals surface area contributed by atoms with E-state index in [4.69, 9.17) is 4.52 Å². The van der Waals surface area contributed by atoms with Crippen molar-refractivity contribution in [3.8, 4) is 0 Å². The number of nitrogens with zero attached hydrogens (tertiary/aromatic N) is 3. The van der Waals surface area contributed by atoms with Crippen LogP contribution in [-0.4, -0.2) is 41.7 Å². The van der Waals surface area contributed by atoms with Crippen LogP contribution in [-0.2, 0) is 0 Å². The molecule has 1 fully saturated rings. The van der Waals surface area contributed by atoms with E-state index in [-0.39, 0.29) is 30.9 Å². The average Bonchev–Trinajstić information content (AvgIpc) is 2.53. The zero-order valence-corrected chi connectivity index (χ0v) is 10.4. The van der Waals surface area contributed by atoms with Crippen molar-refractivity contribution in [3.05, 3.63) is 11.7 Å². The number of hydrogen-bond acceptors (Lipinski definition) is 5. The van der Waals surface area contributed by atoms with Crippen molar-refractivity contribution in [2.45, 2.75) is 13.0 Å². The monoisotopic (exact) mass is 254 g/mol. The molecule has 5 nitrogen and oxygen atoms in total. The molecule has 0 aromatic carbocycles. The highest BCUT2D eigenvalue weighted by molar-refractivity contribution is 5.85. The van der Waals surface area contributed by atoms with Gasteiger partial charge in [0.1, 0.15) is 6.04 Å². The molecule has 1 aliphatic rings. The summed E-state index contributed by atoms with van der Waals surface area (Å²) in [5, 5.41) is 7.09. The summed E-state index contributed by atoms with van der Waals surface area (Å²) in [4.78, 5) is 6.45. The lowest BCUT2D eigenvalue weighted by Gasteiger charge is -2.30. The fraction of sp³-hybridized carbons (Fsp3) is 0.750. The van der Waals surface area contributed by atoms with Gasteiger partial charge < -0.3 is 9.84 Å². The smallest absolute Gasteiger partial charge is 0.245 e. The maximum absolute atomic E-state index is 5.13. The summed E-state index contributed by atoms with van der Waals surface area (Å²) in [6.45, 7) is 4.77. The third-order valence-corrected chi connectivity index (χ3v) is 2.34. The van der Waals surface area contributed by atoms with Gasteiger partial charge in [0.05, 0.1) is 0 Å². The quantitative estimate of drug-likeness (QED) is 0.804. The second-order valence-corrected chi connectivity index (χ2v) is 3.38. The molecular weight excluding hydrogens is 239 g/mol. The van der Waals surface area contributed by atoms with Gasteiger partial charge >= 0.3 is 0 Å². The van der Waals surface area contributed by atoms with Gasteiger partial charge in [-0.05, 0) is 14.0 Å². The van der Waals surface area contributed by atoms with Gasteiger partial charge in [-0.1, -0.05) is 5.16 Å². The van der Waals surface area contributed by atoms with E-state index in [1.165, 1.54) is 0 Å². The molecule has 7 heteroatoms. The second-order valence-electron chi connectivity index (χ2n) is 3.38. The van der Waals surface area contributed by atoms with E-state index in [0.717, 1.165) is 19.6 Å². The summed E-state index contributed by atoms with van der Waals surface area (Å²) >= 11 is 0. The normalized spacial score (nSPS) is 21.6. The van der Waals surface area contributed by atoms with Crippen molar-refractivity contribution in [2.75, 3.05) is 26.7 Å². The number of likely N-dealkylation sites (N-methyl/N-ethyl adjacent to an activating group) is 1. The van der Waals surface area contributed by atoms with Gasteiger partial charge in [-0.25, -0.2) is 0 Å². The largest absolute Gasteiger partial charge is 0.338 e. The van der Waals surface area contributed by atoms with Crippen LogP contribution in [0.2, 0.25) is 0 Å². The molecular formula is C8H16Cl2N4O. The topological polar surface area (TPSA) is 54.2 Å². The van der Waals surface area contributed by atoms with Crippen LogP contribution >= 0.6 is 24.8 Å². The molecule has 15 heavy (non-hydrogen) atoms. The fourth-order valence-corrected chi connectivity index (χ4v) is 1.53. The van der Waals surface area contributed by atoms with Crippen molar-refractivity contribution in [1.29, 1.82) is 0 Å². The number of halogens is 2. The highest BCUT2D eigenvalue weighted by Gasteiger charge is 2.25. The van der Waals surface area contributed by atoms with Gasteiger partial charge in [0.2, 0.25) is 5.89 Å². The molecule has 1 aliphatic heterocycles. The molecule has 2 heterocycles. The van der Waals surface area contributed by atoms with E-state index in [9.17, 15) is 0 Å². The first-order chi connectivity index (χ1) is 6.27. The Morgan fingerprint density at radius 1 is 1.47 bits per heavy atom. The maximum Gasteiger partial charge on any atom is 0.245 e. The van der Waals surface area contributed by atoms with Gasteiger partial charge in [-0.2, -0.15) is 4.98 Å². The molecule has 2 rings (SSSR count). The predicted octanol–water partition coefficient (Wildman–Crippen LogP) is 0.798. The number of nitrogens with one attached hydrogen (secondary N) is 1. The minimum atomic E-state index is 0. The van der Waals surface area contributed by atoms with E-state index in [1.54, 1.807) is 0 Å². The molecule has 0 saturated carbocycles. The van der Waals surface area contributed by atoms with Gasteiger partial charge in [-0.3, -0.25) is 4.90 Å². The number of piperazine rings is 1. The van der Waals surface area contributed by atoms with Crippen LogP contribution in [0.5, 0.6) is 0 Å². The standard InChI is InChI=1S/C8H14N4O.2ClH/c1-6-10-8(13-11-6)7-5-9-3-4-12(7)2;;/h7,9H,3-5H2,1-2H3;2*1H. The molecule has 1 aromatic heterocycles. The van der Waals surface area contributed by atoms with Gasteiger partial charge in [0.25, 0.3) is 0 Å². The van der Waals surface area contributed by atoms with Gasteiger partial charge in [0.15, 0.2) is 5.82 Å². The van der Waals surface area contributed by atoms with E-state index in [1.807, 2.05) is 6.92 Å². The Morgan fingerprint density at radius 2 is 2.20 bits per heavy atom. The van der Waals surface area contributed by atoms with Crippen molar-refractivity contribution in [3.63, 3.8) is 0 Å². The van der Waals surface area contributed by atoms with Crippen molar-refractivity contribution < 1.29 is 4.52 Å². The maximum atomic E-state index is 5.13. The minimum absolute atomic E-state index is 0. The third-order valence-electron chi connectivity index (χ3n) is 2.34. The van der Waals surface area contributed by atoms with E-state index >= 15 is 0 Å². The lowest BCUT2D eigenvalue weighted by Crippen LogP contribution is -2.43. The van der Waals surface area contributed by atoms with Crippen LogP contribution in [0.3, 0.4) is 0 Å². The average molecular weight is 255 g/mol. The first-order valence-corrected chi connectivity index (χ1v) is 4.48. The van der Waals surface area contributed by atoms with E-state index < -0.39 is 0 Å². The second kappa shape index (κ2) is 6.27. The van der Waals surface area contributed by atoms with Crippen LogP contribution in [0.15, 0.2) is 4.52 Å². The minimum Gasteiger partial charge on any atom is -0.338 e. The molecule has 1 atom stereocenters. The highest BCUT2D eigenvalue weighted by Crippen LogP contribution is 2.17. The van der Waals surface area contributed by atoms with Crippen molar-refractivity contribution in [2.24, 2.45) is 0 Å². The third kappa shape index (κ3) is 3.31. The molecule has 0 radical (unpaired) electrons. The number of rotatable bonds is 1. The number of aromatic nitrogens is 2. The summed E-state index contributed by atoms with van der Waals surface area (Å²) in [6, 6.07) is 0.231. The van der Waals surface area contributed by atoms with E-state index in [2.05, 4.69) is 27.4 Å². The Balaban J connectivity index is 0.000000980. The Bertz CT molecular complexity index is 294. The highest BCUT2D eigenvalue weighted by atomic mass is 35.5. The summed E-state index contributed by atoms with van der Waals surface area (Å²) < 4.78 is 5.13. The summed E-state index contributed by atoms with van der Waals surface area (Å²) in [7, 11) is 2.07. The lowest BCUT2D eigenvalue weighted by atomic mass is 10.2. The molecule has 88 valence electrons. The molecule has 0 bridgehead atoms. The Morgan fingerprint density at radius 3 is 2.73 bits per heavy atom. The SMILES string of the molecule is Cc1noc(C2CNCCN2C)n1.Cl.Cl. The molecule has 1 aromatic rings. The molecule has 1 saturated heterocycles. The van der Waals surface area contributed by atoms with Crippen LogP contribution in [0.1, 0.15) is 17.8 Å². The summed E-state index contributed by atoms with van der Waals surface area (Å²) in [5.41, 5.74) is 0. The van der Waals surface area contributed by atoms with Crippen LogP contribution < -0.4 is 5.32 Å². The molecule has 0 amide bonds. The van der Waals surface area contributed by atoms with Gasteiger partial charge in [0, 0.05) is 19.6 Å². The van der Waals surface area contributed by atoms with E-state index in [0.29, 0.717) is 11.7 Å². The molecule has 0 spiro atoms. The summed E-state index contributed by atoms with van der Waals surface area (Å²) in [6.07, 6.45) is 0. The van der Waals surface area contributed by atoms with Crippen molar-refractivity contribution in [1.82, 2.24) is 20.4 Å². The Labute approximate surface area is 101 Å². The predicted molar refractivity (Wildman–Crippen MR) is 61.8 cm³/mol. The van der Waals surface area contributed by atoms with Crippen LogP contribution in [0, 0.1) is 6.92 Å². The number of aryl methyl sites for hydroxylation is 1. The number of hydrogen-bond donors (Lipinski definition) is 1. The van der Waals surface area contributed by atoms with Crippen molar-refractivity contribution >= 4 is 24.8 Å². The summed E-state index contributed by atoms with van der Waals surface area (Å²) in [5.74, 6) is 1.42. The zero-order valence-electron chi connectivity index (χ0n) is 8.77. The zero-order chi connectivity index (χ0) is 9.26. The Hall–Kier alpha value is -0.360. The lowest BCUT2D eigenvalue weighted by molar-refractivity contribution is 0.163. The molecule has 0 aliphatic carbocycles. The van der Waals surface area contributed by atoms with Gasteiger partial charge in [-0.15, -0.1) is 24.8 Å². The van der Waals surface area contributed by atoms with Crippen LogP contribution in [0.4, 0.5) is 0 Å². The molecule has 1 N–H and O–H groups in total. The Kier molecular flexibility index (Phi) is 6.12. The first-order valence-electron chi connectivity index (χ1n) is 4.48. The first kappa shape index (κ1) is 14.6. The van der Waals surface area contributed by atoms with Crippen LogP contribution in [0.25, 0.3) is 0 Å².